The molecule has 2 aliphatic heterocycles. The van der Waals surface area contributed by atoms with Crippen LogP contribution in [-0.2, 0) is 16.0 Å². The molecule has 3 aliphatic rings. The van der Waals surface area contributed by atoms with Gasteiger partial charge in [-0.1, -0.05) is 0 Å². The maximum Gasteiger partial charge on any atom is 0.415 e. The molecule has 0 atom stereocenters. The van der Waals surface area contributed by atoms with Crippen LogP contribution in [0.15, 0.2) is 42.5 Å². The number of nitrogen functional groups attached to an aromatic ring is 1. The molecule has 1 aromatic heterocycles. The number of rotatable bonds is 6. The molecule has 0 bridgehead atoms. The van der Waals surface area contributed by atoms with E-state index in [0.29, 0.717) is 38.0 Å². The molecule has 3 aromatic rings. The second kappa shape index (κ2) is 10.0. The molecule has 36 heavy (non-hydrogen) atoms. The maximum atomic E-state index is 12.5. The molecule has 2 N–H and O–H groups in total. The second-order valence-corrected chi connectivity index (χ2v) is 9.92. The number of anilines is 1. The molecule has 1 aliphatic carbocycles. The van der Waals surface area contributed by atoms with Gasteiger partial charge in [0.2, 0.25) is 0 Å². The van der Waals surface area contributed by atoms with Gasteiger partial charge in [-0.2, -0.15) is 0 Å². The van der Waals surface area contributed by atoms with Crippen molar-refractivity contribution in [2.24, 2.45) is 5.92 Å². The lowest BCUT2D eigenvalue weighted by molar-refractivity contribution is 0.0256. The van der Waals surface area contributed by atoms with E-state index < -0.39 is 0 Å². The number of morpholine rings is 1. The molecule has 0 spiro atoms. The van der Waals surface area contributed by atoms with Crippen molar-refractivity contribution in [3.63, 3.8) is 0 Å². The molecule has 8 heteroatoms. The minimum Gasteiger partial charge on any atom is -0.490 e. The SMILES string of the molecule is Nc1c(-c2ccc(OC(=O)N3CCOCC3)cc2)n(CC2CC2)c2cc(OC3CCOCC3)ccc12. The first-order valence-electron chi connectivity index (χ1n) is 13.0. The summed E-state index contributed by atoms with van der Waals surface area (Å²) < 4.78 is 25.0. The highest BCUT2D eigenvalue weighted by Gasteiger charge is 2.26. The fourth-order valence-electron chi connectivity index (χ4n) is 5.07. The molecule has 3 fully saturated rings. The van der Waals surface area contributed by atoms with Gasteiger partial charge in [0.05, 0.1) is 43.3 Å². The predicted octanol–water partition coefficient (Wildman–Crippen LogP) is 4.69. The van der Waals surface area contributed by atoms with Crippen molar-refractivity contribution >= 4 is 22.7 Å². The Morgan fingerprint density at radius 3 is 2.33 bits per heavy atom. The number of benzene rings is 2. The average Bonchev–Trinajstić information content (AvgIpc) is 3.70. The van der Waals surface area contributed by atoms with Crippen molar-refractivity contribution in [3.8, 4) is 22.8 Å². The fourth-order valence-corrected chi connectivity index (χ4v) is 5.07. The molecule has 8 nitrogen and oxygen atoms in total. The van der Waals surface area contributed by atoms with E-state index >= 15 is 0 Å². The molecule has 3 heterocycles. The molecular weight excluding hydrogens is 458 g/mol. The Bertz CT molecular complexity index is 1220. The first-order valence-corrected chi connectivity index (χ1v) is 13.0. The van der Waals surface area contributed by atoms with E-state index in [9.17, 15) is 4.79 Å². The van der Waals surface area contributed by atoms with Crippen LogP contribution in [0.5, 0.6) is 11.5 Å². The van der Waals surface area contributed by atoms with Crippen LogP contribution in [0.25, 0.3) is 22.2 Å². The molecule has 190 valence electrons. The third kappa shape index (κ3) is 4.88. The maximum absolute atomic E-state index is 12.5. The largest absolute Gasteiger partial charge is 0.490 e. The van der Waals surface area contributed by atoms with Crippen LogP contribution >= 0.6 is 0 Å². The molecule has 0 radical (unpaired) electrons. The van der Waals surface area contributed by atoms with Gasteiger partial charge in [0.1, 0.15) is 17.6 Å². The Kier molecular flexibility index (Phi) is 6.46. The van der Waals surface area contributed by atoms with Crippen molar-refractivity contribution in [1.29, 1.82) is 0 Å². The van der Waals surface area contributed by atoms with Crippen molar-refractivity contribution in [3.05, 3.63) is 42.5 Å². The van der Waals surface area contributed by atoms with Crippen molar-refractivity contribution in [2.75, 3.05) is 45.3 Å². The smallest absolute Gasteiger partial charge is 0.415 e. The number of carbonyl (C=O) groups excluding carboxylic acids is 1. The van der Waals surface area contributed by atoms with Gasteiger partial charge in [-0.25, -0.2) is 4.79 Å². The van der Waals surface area contributed by atoms with Crippen LogP contribution in [0.1, 0.15) is 25.7 Å². The molecule has 1 amide bonds. The summed E-state index contributed by atoms with van der Waals surface area (Å²) in [4.78, 5) is 14.1. The minimum atomic E-state index is -0.342. The molecule has 0 unspecified atom stereocenters. The summed E-state index contributed by atoms with van der Waals surface area (Å²) in [6.45, 7) is 4.61. The third-order valence-corrected chi connectivity index (χ3v) is 7.29. The van der Waals surface area contributed by atoms with Gasteiger partial charge in [0.25, 0.3) is 0 Å². The van der Waals surface area contributed by atoms with Gasteiger partial charge in [0.15, 0.2) is 0 Å². The third-order valence-electron chi connectivity index (χ3n) is 7.29. The van der Waals surface area contributed by atoms with Gasteiger partial charge in [-0.3, -0.25) is 0 Å². The quantitative estimate of drug-likeness (QED) is 0.538. The standard InChI is InChI=1S/C28H33N3O5/c29-26-24-8-7-23(35-22-9-13-33-14-10-22)17-25(24)31(18-19-1-2-19)27(26)20-3-5-21(6-4-20)36-28(32)30-11-15-34-16-12-30/h3-8,17,19,22H,1-2,9-16,18,29H2. The van der Waals surface area contributed by atoms with Gasteiger partial charge in [0, 0.05) is 49.5 Å². The number of hydrogen-bond acceptors (Lipinski definition) is 6. The highest BCUT2D eigenvalue weighted by molar-refractivity contribution is 6.01. The number of ether oxygens (including phenoxy) is 4. The zero-order valence-electron chi connectivity index (χ0n) is 20.5. The van der Waals surface area contributed by atoms with Gasteiger partial charge < -0.3 is 34.1 Å². The Morgan fingerprint density at radius 2 is 1.61 bits per heavy atom. The highest BCUT2D eigenvalue weighted by Crippen LogP contribution is 2.41. The number of nitrogens with zero attached hydrogens (tertiary/aromatic N) is 2. The van der Waals surface area contributed by atoms with E-state index in [2.05, 4.69) is 16.7 Å². The number of fused-ring (bicyclic) bond motifs is 1. The minimum absolute atomic E-state index is 0.188. The van der Waals surface area contributed by atoms with Crippen molar-refractivity contribution in [2.45, 2.75) is 38.3 Å². The summed E-state index contributed by atoms with van der Waals surface area (Å²) in [5.74, 6) is 2.07. The topological polar surface area (TPSA) is 88.2 Å². The van der Waals surface area contributed by atoms with E-state index in [0.717, 1.165) is 66.2 Å². The Hall–Kier alpha value is -3.23. The number of amides is 1. The van der Waals surface area contributed by atoms with Crippen LogP contribution < -0.4 is 15.2 Å². The second-order valence-electron chi connectivity index (χ2n) is 9.92. The number of hydrogen-bond donors (Lipinski definition) is 1. The molecular formula is C28H33N3O5. The highest BCUT2D eigenvalue weighted by atomic mass is 16.6. The fraction of sp³-hybridized carbons (Fsp3) is 0.464. The van der Waals surface area contributed by atoms with E-state index in [1.807, 2.05) is 30.3 Å². The van der Waals surface area contributed by atoms with E-state index in [4.69, 9.17) is 24.7 Å². The molecule has 2 aromatic carbocycles. The molecule has 6 rings (SSSR count). The van der Waals surface area contributed by atoms with Gasteiger partial charge in [-0.15, -0.1) is 0 Å². The molecule has 1 saturated carbocycles. The van der Waals surface area contributed by atoms with Crippen LogP contribution in [-0.4, -0.2) is 61.2 Å². The van der Waals surface area contributed by atoms with Crippen molar-refractivity contribution in [1.82, 2.24) is 9.47 Å². The number of carbonyl (C=O) groups is 1. The van der Waals surface area contributed by atoms with Crippen molar-refractivity contribution < 1.29 is 23.7 Å². The van der Waals surface area contributed by atoms with E-state index in [1.165, 1.54) is 12.8 Å². The first-order chi connectivity index (χ1) is 17.7. The summed E-state index contributed by atoms with van der Waals surface area (Å²) in [6, 6.07) is 13.9. The lowest BCUT2D eigenvalue weighted by Crippen LogP contribution is -2.42. The normalized spacial score (nSPS) is 18.9. The van der Waals surface area contributed by atoms with Crippen LogP contribution in [0, 0.1) is 5.92 Å². The summed E-state index contributed by atoms with van der Waals surface area (Å²) in [5, 5.41) is 1.03. The predicted molar refractivity (Wildman–Crippen MR) is 137 cm³/mol. The summed E-state index contributed by atoms with van der Waals surface area (Å²) in [5.41, 5.74) is 10.6. The van der Waals surface area contributed by atoms with Gasteiger partial charge >= 0.3 is 6.09 Å². The van der Waals surface area contributed by atoms with E-state index in [1.54, 1.807) is 4.90 Å². The number of aromatic nitrogens is 1. The van der Waals surface area contributed by atoms with E-state index in [-0.39, 0.29) is 12.2 Å². The number of nitrogens with two attached hydrogens (primary N) is 1. The lowest BCUT2D eigenvalue weighted by Gasteiger charge is -2.25. The molecule has 2 saturated heterocycles. The lowest BCUT2D eigenvalue weighted by atomic mass is 10.1. The van der Waals surface area contributed by atoms with Crippen LogP contribution in [0.4, 0.5) is 10.5 Å². The Morgan fingerprint density at radius 1 is 0.917 bits per heavy atom. The summed E-state index contributed by atoms with van der Waals surface area (Å²) in [6.07, 6.45) is 4.16. The average molecular weight is 492 g/mol. The van der Waals surface area contributed by atoms with Crippen LogP contribution in [0.2, 0.25) is 0 Å². The Balaban J connectivity index is 1.28. The van der Waals surface area contributed by atoms with Gasteiger partial charge in [-0.05, 0) is 55.2 Å². The monoisotopic (exact) mass is 491 g/mol. The zero-order valence-corrected chi connectivity index (χ0v) is 20.5. The van der Waals surface area contributed by atoms with Crippen LogP contribution in [0.3, 0.4) is 0 Å². The zero-order chi connectivity index (χ0) is 24.5. The Labute approximate surface area is 210 Å². The summed E-state index contributed by atoms with van der Waals surface area (Å²) in [7, 11) is 0. The summed E-state index contributed by atoms with van der Waals surface area (Å²) >= 11 is 0. The first kappa shape index (κ1) is 23.2.